The molecule has 0 saturated heterocycles. The lowest BCUT2D eigenvalue weighted by Crippen LogP contribution is -2.31. The summed E-state index contributed by atoms with van der Waals surface area (Å²) in [5.41, 5.74) is 2.76. The van der Waals surface area contributed by atoms with Crippen molar-refractivity contribution in [2.75, 3.05) is 13.6 Å². The fraction of sp³-hybridized carbons (Fsp3) is 0.571. The Kier molecular flexibility index (Phi) is 4.82. The van der Waals surface area contributed by atoms with E-state index in [9.17, 15) is 0 Å². The maximum atomic E-state index is 6.27. The van der Waals surface area contributed by atoms with Crippen LogP contribution in [0.2, 0.25) is 5.02 Å². The van der Waals surface area contributed by atoms with Crippen LogP contribution in [0.25, 0.3) is 0 Å². The summed E-state index contributed by atoms with van der Waals surface area (Å²) < 4.78 is 0. The Balaban J connectivity index is 2.85. The number of nitrogens with one attached hydrogen (secondary N) is 1. The minimum Gasteiger partial charge on any atom is -0.319 e. The minimum absolute atomic E-state index is 0.285. The van der Waals surface area contributed by atoms with Crippen molar-refractivity contribution in [1.82, 2.24) is 5.32 Å². The third kappa shape index (κ3) is 3.50. The van der Waals surface area contributed by atoms with E-state index in [2.05, 4.69) is 38.2 Å². The Morgan fingerprint density at radius 2 is 2.06 bits per heavy atom. The van der Waals surface area contributed by atoms with Crippen LogP contribution in [-0.4, -0.2) is 13.6 Å². The van der Waals surface area contributed by atoms with E-state index in [-0.39, 0.29) is 5.41 Å². The lowest BCUT2D eigenvalue weighted by Gasteiger charge is -2.28. The first-order valence-corrected chi connectivity index (χ1v) is 6.28. The molecule has 1 aromatic rings. The fourth-order valence-electron chi connectivity index (χ4n) is 1.99. The van der Waals surface area contributed by atoms with Crippen LogP contribution in [0, 0.1) is 12.3 Å². The third-order valence-electron chi connectivity index (χ3n) is 3.28. The van der Waals surface area contributed by atoms with Crippen molar-refractivity contribution in [2.24, 2.45) is 5.41 Å². The van der Waals surface area contributed by atoms with E-state index < -0.39 is 0 Å². The van der Waals surface area contributed by atoms with Crippen molar-refractivity contribution in [3.63, 3.8) is 0 Å². The number of rotatable bonds is 5. The van der Waals surface area contributed by atoms with Crippen molar-refractivity contribution in [1.29, 1.82) is 0 Å². The van der Waals surface area contributed by atoms with Gasteiger partial charge < -0.3 is 5.32 Å². The smallest absolute Gasteiger partial charge is 0.0440 e. The molecule has 1 N–H and O–H groups in total. The number of benzene rings is 1. The van der Waals surface area contributed by atoms with E-state index >= 15 is 0 Å². The highest BCUT2D eigenvalue weighted by Gasteiger charge is 2.22. The van der Waals surface area contributed by atoms with Gasteiger partial charge in [0, 0.05) is 11.6 Å². The Morgan fingerprint density at radius 1 is 1.38 bits per heavy atom. The summed E-state index contributed by atoms with van der Waals surface area (Å²) in [6.07, 6.45) is 2.18. The molecule has 16 heavy (non-hydrogen) atoms. The standard InChI is InChI=1S/C14H22ClN/c1-5-14(3,10-16-4)9-12-7-6-11(2)8-13(12)15/h6-8,16H,5,9-10H2,1-4H3. The first-order chi connectivity index (χ1) is 7.50. The molecule has 2 heteroatoms. The van der Waals surface area contributed by atoms with E-state index in [1.807, 2.05) is 13.1 Å². The van der Waals surface area contributed by atoms with Crippen LogP contribution in [0.5, 0.6) is 0 Å². The van der Waals surface area contributed by atoms with Crippen LogP contribution in [0.3, 0.4) is 0 Å². The average Bonchev–Trinajstić information content (AvgIpc) is 2.23. The molecular formula is C14H22ClN. The van der Waals surface area contributed by atoms with Crippen molar-refractivity contribution in [3.05, 3.63) is 34.3 Å². The maximum Gasteiger partial charge on any atom is 0.0440 e. The summed E-state index contributed by atoms with van der Waals surface area (Å²) in [5, 5.41) is 4.17. The second-order valence-corrected chi connectivity index (χ2v) is 5.37. The first-order valence-electron chi connectivity index (χ1n) is 5.90. The van der Waals surface area contributed by atoms with Gasteiger partial charge in [-0.15, -0.1) is 0 Å². The van der Waals surface area contributed by atoms with Crippen LogP contribution in [-0.2, 0) is 6.42 Å². The monoisotopic (exact) mass is 239 g/mol. The van der Waals surface area contributed by atoms with Crippen LogP contribution < -0.4 is 5.32 Å². The molecule has 0 bridgehead atoms. The number of aryl methyl sites for hydroxylation is 1. The highest BCUT2D eigenvalue weighted by Crippen LogP contribution is 2.29. The van der Waals surface area contributed by atoms with Gasteiger partial charge in [0.25, 0.3) is 0 Å². The molecule has 0 aliphatic heterocycles. The van der Waals surface area contributed by atoms with Crippen molar-refractivity contribution in [2.45, 2.75) is 33.6 Å². The van der Waals surface area contributed by atoms with Gasteiger partial charge in [0.05, 0.1) is 0 Å². The molecule has 0 amide bonds. The molecular weight excluding hydrogens is 218 g/mol. The molecule has 1 atom stereocenters. The third-order valence-corrected chi connectivity index (χ3v) is 3.63. The van der Waals surface area contributed by atoms with Crippen molar-refractivity contribution >= 4 is 11.6 Å². The molecule has 0 aromatic heterocycles. The molecule has 0 saturated carbocycles. The van der Waals surface area contributed by atoms with Crippen molar-refractivity contribution in [3.8, 4) is 0 Å². The molecule has 1 aromatic carbocycles. The summed E-state index contributed by atoms with van der Waals surface area (Å²) >= 11 is 6.27. The molecule has 0 fully saturated rings. The molecule has 0 heterocycles. The van der Waals surface area contributed by atoms with Gasteiger partial charge >= 0.3 is 0 Å². The van der Waals surface area contributed by atoms with Gasteiger partial charge in [-0.1, -0.05) is 37.6 Å². The van der Waals surface area contributed by atoms with Gasteiger partial charge in [-0.05, 0) is 49.4 Å². The zero-order valence-corrected chi connectivity index (χ0v) is 11.5. The van der Waals surface area contributed by atoms with Crippen LogP contribution in [0.1, 0.15) is 31.4 Å². The molecule has 1 rings (SSSR count). The normalized spacial score (nSPS) is 14.8. The Bertz CT molecular complexity index is 349. The average molecular weight is 240 g/mol. The summed E-state index contributed by atoms with van der Waals surface area (Å²) in [5.74, 6) is 0. The van der Waals surface area contributed by atoms with E-state index in [1.54, 1.807) is 0 Å². The zero-order valence-electron chi connectivity index (χ0n) is 10.7. The Morgan fingerprint density at radius 3 is 2.56 bits per heavy atom. The van der Waals surface area contributed by atoms with Gasteiger partial charge in [-0.2, -0.15) is 0 Å². The van der Waals surface area contributed by atoms with E-state index in [0.29, 0.717) is 0 Å². The molecule has 90 valence electrons. The van der Waals surface area contributed by atoms with E-state index in [4.69, 9.17) is 11.6 Å². The lowest BCUT2D eigenvalue weighted by molar-refractivity contribution is 0.299. The Hall–Kier alpha value is -0.530. The maximum absolute atomic E-state index is 6.27. The summed E-state index contributed by atoms with van der Waals surface area (Å²) in [6.45, 7) is 7.63. The van der Waals surface area contributed by atoms with Crippen molar-refractivity contribution < 1.29 is 0 Å². The Labute approximate surface area is 104 Å². The fourth-order valence-corrected chi connectivity index (χ4v) is 2.30. The van der Waals surface area contributed by atoms with Gasteiger partial charge in [0.1, 0.15) is 0 Å². The second kappa shape index (κ2) is 5.70. The van der Waals surface area contributed by atoms with Gasteiger partial charge in [-0.3, -0.25) is 0 Å². The molecule has 0 spiro atoms. The lowest BCUT2D eigenvalue weighted by atomic mass is 9.81. The van der Waals surface area contributed by atoms with Gasteiger partial charge in [0.2, 0.25) is 0 Å². The molecule has 0 aliphatic rings. The summed E-state index contributed by atoms with van der Waals surface area (Å²) in [4.78, 5) is 0. The van der Waals surface area contributed by atoms with E-state index in [1.165, 1.54) is 11.1 Å². The molecule has 0 radical (unpaired) electrons. The highest BCUT2D eigenvalue weighted by atomic mass is 35.5. The predicted octanol–water partition coefficient (Wildman–Crippen LogP) is 3.83. The predicted molar refractivity (Wildman–Crippen MR) is 72.2 cm³/mol. The zero-order chi connectivity index (χ0) is 12.2. The first kappa shape index (κ1) is 13.5. The van der Waals surface area contributed by atoms with Gasteiger partial charge in [-0.25, -0.2) is 0 Å². The molecule has 0 aliphatic carbocycles. The van der Waals surface area contributed by atoms with E-state index in [0.717, 1.165) is 24.4 Å². The van der Waals surface area contributed by atoms with Crippen LogP contribution in [0.4, 0.5) is 0 Å². The topological polar surface area (TPSA) is 12.0 Å². The number of halogens is 1. The summed E-state index contributed by atoms with van der Waals surface area (Å²) in [7, 11) is 2.00. The largest absolute Gasteiger partial charge is 0.319 e. The second-order valence-electron chi connectivity index (χ2n) is 4.97. The highest BCUT2D eigenvalue weighted by molar-refractivity contribution is 6.31. The number of hydrogen-bond donors (Lipinski definition) is 1. The summed E-state index contributed by atoms with van der Waals surface area (Å²) in [6, 6.07) is 6.34. The van der Waals surface area contributed by atoms with Crippen LogP contribution >= 0.6 is 11.6 Å². The molecule has 1 unspecified atom stereocenters. The van der Waals surface area contributed by atoms with Gasteiger partial charge in [0.15, 0.2) is 0 Å². The SMILES string of the molecule is CCC(C)(CNC)Cc1ccc(C)cc1Cl. The minimum atomic E-state index is 0.285. The number of hydrogen-bond acceptors (Lipinski definition) is 1. The quantitative estimate of drug-likeness (QED) is 0.824. The molecule has 1 nitrogen and oxygen atoms in total. The van der Waals surface area contributed by atoms with Crippen LogP contribution in [0.15, 0.2) is 18.2 Å².